The van der Waals surface area contributed by atoms with Crippen LogP contribution in [0, 0.1) is 11.3 Å². The summed E-state index contributed by atoms with van der Waals surface area (Å²) in [5.41, 5.74) is 1.67. The van der Waals surface area contributed by atoms with Crippen molar-refractivity contribution >= 4 is 5.97 Å². The first-order valence-electron chi connectivity index (χ1n) is 4.40. The summed E-state index contributed by atoms with van der Waals surface area (Å²) in [6.07, 6.45) is 0.907. The molecule has 3 nitrogen and oxygen atoms in total. The van der Waals surface area contributed by atoms with Crippen molar-refractivity contribution in [1.82, 2.24) is 0 Å². The summed E-state index contributed by atoms with van der Waals surface area (Å²) in [6.45, 7) is 2.02. The van der Waals surface area contributed by atoms with Gasteiger partial charge in [0.15, 0.2) is 5.92 Å². The van der Waals surface area contributed by atoms with Crippen molar-refractivity contribution in [2.45, 2.75) is 19.3 Å². The topological polar surface area (TPSA) is 61.1 Å². The number of aryl methyl sites for hydroxylation is 1. The quantitative estimate of drug-likeness (QED) is 0.790. The molecule has 1 aromatic rings. The number of carbonyl (C=O) groups is 1. The fourth-order valence-electron chi connectivity index (χ4n) is 1.22. The summed E-state index contributed by atoms with van der Waals surface area (Å²) in [7, 11) is 0. The van der Waals surface area contributed by atoms with E-state index in [2.05, 4.69) is 0 Å². The SMILES string of the molecule is CCc1ccc(C(C#N)C(=O)O)cc1. The lowest BCUT2D eigenvalue weighted by Crippen LogP contribution is -2.09. The van der Waals surface area contributed by atoms with E-state index < -0.39 is 11.9 Å². The first kappa shape index (κ1) is 10.3. The van der Waals surface area contributed by atoms with E-state index in [1.807, 2.05) is 19.1 Å². The Hall–Kier alpha value is -1.82. The maximum Gasteiger partial charge on any atom is 0.325 e. The van der Waals surface area contributed by atoms with Crippen LogP contribution in [0.1, 0.15) is 24.0 Å². The van der Waals surface area contributed by atoms with Gasteiger partial charge in [0.1, 0.15) is 0 Å². The van der Waals surface area contributed by atoms with Crippen molar-refractivity contribution in [3.05, 3.63) is 35.4 Å². The van der Waals surface area contributed by atoms with Crippen LogP contribution in [0.25, 0.3) is 0 Å². The van der Waals surface area contributed by atoms with Crippen molar-refractivity contribution in [2.24, 2.45) is 0 Å². The van der Waals surface area contributed by atoms with Crippen molar-refractivity contribution in [2.75, 3.05) is 0 Å². The Bertz CT molecular complexity index is 362. The van der Waals surface area contributed by atoms with Crippen LogP contribution in [0.2, 0.25) is 0 Å². The van der Waals surface area contributed by atoms with Gasteiger partial charge in [-0.25, -0.2) is 0 Å². The number of nitriles is 1. The maximum atomic E-state index is 10.7. The fourth-order valence-corrected chi connectivity index (χ4v) is 1.22. The van der Waals surface area contributed by atoms with E-state index in [0.29, 0.717) is 5.56 Å². The van der Waals surface area contributed by atoms with E-state index in [-0.39, 0.29) is 0 Å². The fraction of sp³-hybridized carbons (Fsp3) is 0.273. The number of nitrogens with zero attached hydrogens (tertiary/aromatic N) is 1. The molecule has 0 radical (unpaired) electrons. The highest BCUT2D eigenvalue weighted by Crippen LogP contribution is 2.16. The molecular weight excluding hydrogens is 178 g/mol. The van der Waals surface area contributed by atoms with Crippen LogP contribution < -0.4 is 0 Å². The second-order valence-electron chi connectivity index (χ2n) is 3.00. The average Bonchev–Trinajstić information content (AvgIpc) is 2.19. The summed E-state index contributed by atoms with van der Waals surface area (Å²) in [6, 6.07) is 8.85. The van der Waals surface area contributed by atoms with Gasteiger partial charge in [0.05, 0.1) is 6.07 Å². The number of aliphatic carboxylic acids is 1. The van der Waals surface area contributed by atoms with Gasteiger partial charge in [-0.2, -0.15) is 5.26 Å². The summed E-state index contributed by atoms with van der Waals surface area (Å²) < 4.78 is 0. The molecule has 0 aliphatic rings. The smallest absolute Gasteiger partial charge is 0.325 e. The molecule has 72 valence electrons. The number of carboxylic acids is 1. The number of rotatable bonds is 3. The third-order valence-electron chi connectivity index (χ3n) is 2.10. The minimum absolute atomic E-state index is 0.539. The molecule has 1 rings (SSSR count). The largest absolute Gasteiger partial charge is 0.480 e. The first-order valence-corrected chi connectivity index (χ1v) is 4.40. The molecule has 0 spiro atoms. The standard InChI is InChI=1S/C11H11NO2/c1-2-8-3-5-9(6-4-8)10(7-12)11(13)14/h3-6,10H,2H2,1H3,(H,13,14). The molecule has 14 heavy (non-hydrogen) atoms. The van der Waals surface area contributed by atoms with E-state index in [4.69, 9.17) is 10.4 Å². The van der Waals surface area contributed by atoms with E-state index >= 15 is 0 Å². The summed E-state index contributed by atoms with van der Waals surface area (Å²) in [4.78, 5) is 10.7. The Labute approximate surface area is 82.6 Å². The molecule has 0 fully saturated rings. The predicted octanol–water partition coefficient (Wildman–Crippen LogP) is 1.94. The van der Waals surface area contributed by atoms with Crippen molar-refractivity contribution in [1.29, 1.82) is 5.26 Å². The van der Waals surface area contributed by atoms with E-state index in [1.165, 1.54) is 0 Å². The van der Waals surface area contributed by atoms with Crippen molar-refractivity contribution in [3.63, 3.8) is 0 Å². The van der Waals surface area contributed by atoms with Gasteiger partial charge in [-0.05, 0) is 17.5 Å². The zero-order valence-corrected chi connectivity index (χ0v) is 7.90. The predicted molar refractivity (Wildman–Crippen MR) is 51.8 cm³/mol. The molecule has 0 aliphatic carbocycles. The number of carboxylic acid groups (broad SMARTS) is 1. The molecule has 1 atom stereocenters. The molecule has 0 heterocycles. The molecule has 0 aromatic heterocycles. The van der Waals surface area contributed by atoms with Gasteiger partial charge in [0.25, 0.3) is 0 Å². The van der Waals surface area contributed by atoms with Gasteiger partial charge in [0.2, 0.25) is 0 Å². The second kappa shape index (κ2) is 4.43. The van der Waals surface area contributed by atoms with Gasteiger partial charge in [0, 0.05) is 0 Å². The molecule has 1 N–H and O–H groups in total. The molecule has 0 bridgehead atoms. The van der Waals surface area contributed by atoms with Crippen LogP contribution in [0.4, 0.5) is 0 Å². The minimum atomic E-state index is -1.10. The zero-order chi connectivity index (χ0) is 10.6. The van der Waals surface area contributed by atoms with Crippen LogP contribution in [-0.4, -0.2) is 11.1 Å². The molecule has 0 saturated heterocycles. The Kier molecular flexibility index (Phi) is 3.24. The van der Waals surface area contributed by atoms with Crippen LogP contribution in [0.3, 0.4) is 0 Å². The average molecular weight is 189 g/mol. The van der Waals surface area contributed by atoms with Crippen molar-refractivity contribution < 1.29 is 9.90 Å². The molecule has 0 saturated carbocycles. The Morgan fingerprint density at radius 2 is 2.07 bits per heavy atom. The normalized spacial score (nSPS) is 11.7. The Morgan fingerprint density at radius 3 is 2.43 bits per heavy atom. The van der Waals surface area contributed by atoms with Crippen LogP contribution in [0.15, 0.2) is 24.3 Å². The second-order valence-corrected chi connectivity index (χ2v) is 3.00. The molecule has 1 aromatic carbocycles. The minimum Gasteiger partial charge on any atom is -0.480 e. The monoisotopic (exact) mass is 189 g/mol. The van der Waals surface area contributed by atoms with Crippen molar-refractivity contribution in [3.8, 4) is 6.07 Å². The van der Waals surface area contributed by atoms with Gasteiger partial charge < -0.3 is 5.11 Å². The van der Waals surface area contributed by atoms with Gasteiger partial charge >= 0.3 is 5.97 Å². The van der Waals surface area contributed by atoms with E-state index in [1.54, 1.807) is 18.2 Å². The molecular formula is C11H11NO2. The van der Waals surface area contributed by atoms with Gasteiger partial charge in [-0.1, -0.05) is 31.2 Å². The highest BCUT2D eigenvalue weighted by atomic mass is 16.4. The lowest BCUT2D eigenvalue weighted by molar-refractivity contribution is -0.137. The lowest BCUT2D eigenvalue weighted by atomic mass is 9.99. The highest BCUT2D eigenvalue weighted by molar-refractivity contribution is 5.79. The zero-order valence-electron chi connectivity index (χ0n) is 7.90. The third kappa shape index (κ3) is 2.11. The Morgan fingerprint density at radius 1 is 1.50 bits per heavy atom. The summed E-state index contributed by atoms with van der Waals surface area (Å²) >= 11 is 0. The molecule has 0 amide bonds. The van der Waals surface area contributed by atoms with E-state index in [0.717, 1.165) is 12.0 Å². The third-order valence-corrected chi connectivity index (χ3v) is 2.10. The van der Waals surface area contributed by atoms with Gasteiger partial charge in [-0.3, -0.25) is 4.79 Å². The Balaban J connectivity index is 2.96. The van der Waals surface area contributed by atoms with E-state index in [9.17, 15) is 4.79 Å². The van der Waals surface area contributed by atoms with Gasteiger partial charge in [-0.15, -0.1) is 0 Å². The first-order chi connectivity index (χ1) is 6.69. The molecule has 3 heteroatoms. The maximum absolute atomic E-state index is 10.7. The molecule has 1 unspecified atom stereocenters. The number of hydrogen-bond donors (Lipinski definition) is 1. The van der Waals surface area contributed by atoms with Crippen LogP contribution in [0.5, 0.6) is 0 Å². The molecule has 0 aliphatic heterocycles. The van der Waals surface area contributed by atoms with Crippen LogP contribution in [-0.2, 0) is 11.2 Å². The number of hydrogen-bond acceptors (Lipinski definition) is 2. The van der Waals surface area contributed by atoms with Crippen LogP contribution >= 0.6 is 0 Å². The summed E-state index contributed by atoms with van der Waals surface area (Å²) in [5.74, 6) is -2.15. The number of benzene rings is 1. The highest BCUT2D eigenvalue weighted by Gasteiger charge is 2.18. The summed E-state index contributed by atoms with van der Waals surface area (Å²) in [5, 5.41) is 17.4. The lowest BCUT2D eigenvalue weighted by Gasteiger charge is -2.04.